The number of rotatable bonds is 13. The molecule has 3 amide bonds. The molecule has 10 N–H and O–H groups in total. The van der Waals surface area contributed by atoms with Crippen molar-refractivity contribution >= 4 is 35.6 Å². The standard InChI is InChI=1S/C18H31N7O7/c19-10(3-1-7-22-18(20)21)16(30)25-8-2-4-12(25)15(29)23-9-13(26)24-11(17(31)32)5-6-14(27)28/h10-12H,1-9,19H2,(H,23,29)(H,24,26)(H,27,28)(H,31,32)(H4,20,21,22). The van der Waals surface area contributed by atoms with Crippen LogP contribution in [0, 0.1) is 0 Å². The number of carbonyl (C=O) groups excluding carboxylic acids is 3. The zero-order valence-corrected chi connectivity index (χ0v) is 17.7. The molecule has 0 aliphatic carbocycles. The molecule has 0 saturated carbocycles. The highest BCUT2D eigenvalue weighted by Gasteiger charge is 2.36. The second kappa shape index (κ2) is 13.1. The van der Waals surface area contributed by atoms with E-state index in [-0.39, 0.29) is 12.4 Å². The highest BCUT2D eigenvalue weighted by molar-refractivity contribution is 5.93. The predicted molar refractivity (Wildman–Crippen MR) is 112 cm³/mol. The fourth-order valence-corrected chi connectivity index (χ4v) is 3.21. The van der Waals surface area contributed by atoms with E-state index in [0.29, 0.717) is 38.8 Å². The van der Waals surface area contributed by atoms with E-state index in [1.54, 1.807) is 0 Å². The van der Waals surface area contributed by atoms with E-state index in [1.165, 1.54) is 4.90 Å². The van der Waals surface area contributed by atoms with Crippen molar-refractivity contribution in [3.63, 3.8) is 0 Å². The van der Waals surface area contributed by atoms with Crippen LogP contribution in [0.5, 0.6) is 0 Å². The third-order valence-corrected chi connectivity index (χ3v) is 4.83. The van der Waals surface area contributed by atoms with Gasteiger partial charge in [0.05, 0.1) is 12.6 Å². The van der Waals surface area contributed by atoms with E-state index < -0.39 is 60.8 Å². The van der Waals surface area contributed by atoms with E-state index in [1.807, 2.05) is 0 Å². The summed E-state index contributed by atoms with van der Waals surface area (Å²) in [6.45, 7) is 0.159. The molecule has 1 rings (SSSR count). The van der Waals surface area contributed by atoms with Crippen LogP contribution in [0.2, 0.25) is 0 Å². The Labute approximate surface area is 184 Å². The molecule has 14 heteroatoms. The maximum Gasteiger partial charge on any atom is 0.326 e. The average molecular weight is 457 g/mol. The minimum atomic E-state index is -1.39. The lowest BCUT2D eigenvalue weighted by atomic mass is 10.1. The lowest BCUT2D eigenvalue weighted by molar-refractivity contribution is -0.143. The summed E-state index contributed by atoms with van der Waals surface area (Å²) in [4.78, 5) is 64.0. The number of carbonyl (C=O) groups is 5. The molecular weight excluding hydrogens is 426 g/mol. The summed E-state index contributed by atoms with van der Waals surface area (Å²) in [6.07, 6.45) is 1.08. The normalized spacial score (nSPS) is 17.2. The zero-order chi connectivity index (χ0) is 24.3. The van der Waals surface area contributed by atoms with Gasteiger partial charge in [-0.3, -0.25) is 24.2 Å². The number of amides is 3. The predicted octanol–water partition coefficient (Wildman–Crippen LogP) is -3.09. The number of guanidine groups is 1. The molecule has 1 aliphatic heterocycles. The van der Waals surface area contributed by atoms with E-state index in [2.05, 4.69) is 15.6 Å². The van der Waals surface area contributed by atoms with E-state index in [9.17, 15) is 24.0 Å². The van der Waals surface area contributed by atoms with Gasteiger partial charge >= 0.3 is 11.9 Å². The van der Waals surface area contributed by atoms with Gasteiger partial charge in [0.1, 0.15) is 12.1 Å². The van der Waals surface area contributed by atoms with Crippen molar-refractivity contribution in [1.82, 2.24) is 15.5 Å². The molecule has 32 heavy (non-hydrogen) atoms. The van der Waals surface area contributed by atoms with Gasteiger partial charge in [0.2, 0.25) is 17.7 Å². The SMILES string of the molecule is NC(N)=NCCCC(N)C(=O)N1CCCC1C(=O)NCC(=O)NC(CCC(=O)O)C(=O)O. The molecule has 14 nitrogen and oxygen atoms in total. The van der Waals surface area contributed by atoms with Crippen molar-refractivity contribution in [2.45, 2.75) is 56.7 Å². The summed E-state index contributed by atoms with van der Waals surface area (Å²) in [5.41, 5.74) is 16.4. The summed E-state index contributed by atoms with van der Waals surface area (Å²) in [5.74, 6) is -4.37. The highest BCUT2D eigenvalue weighted by atomic mass is 16.4. The van der Waals surface area contributed by atoms with E-state index in [4.69, 9.17) is 27.4 Å². The number of hydrogen-bond acceptors (Lipinski definition) is 7. The first-order valence-electron chi connectivity index (χ1n) is 10.2. The van der Waals surface area contributed by atoms with Gasteiger partial charge in [-0.1, -0.05) is 0 Å². The molecule has 3 atom stereocenters. The maximum atomic E-state index is 12.6. The first kappa shape index (κ1) is 26.6. The van der Waals surface area contributed by atoms with Gasteiger partial charge in [-0.25, -0.2) is 4.79 Å². The summed E-state index contributed by atoms with van der Waals surface area (Å²) >= 11 is 0. The smallest absolute Gasteiger partial charge is 0.326 e. The molecule has 3 unspecified atom stereocenters. The van der Waals surface area contributed by atoms with Crippen LogP contribution in [0.3, 0.4) is 0 Å². The number of hydrogen-bond donors (Lipinski definition) is 7. The molecular formula is C18H31N7O7. The van der Waals surface area contributed by atoms with Gasteiger partial charge in [0.15, 0.2) is 5.96 Å². The van der Waals surface area contributed by atoms with Crippen LogP contribution in [-0.2, 0) is 24.0 Å². The average Bonchev–Trinajstić information content (AvgIpc) is 3.21. The number of nitrogens with two attached hydrogens (primary N) is 3. The van der Waals surface area contributed by atoms with Gasteiger partial charge < -0.3 is 42.9 Å². The fourth-order valence-electron chi connectivity index (χ4n) is 3.21. The van der Waals surface area contributed by atoms with Crippen LogP contribution < -0.4 is 27.8 Å². The molecule has 1 heterocycles. The Morgan fingerprint density at radius 3 is 2.41 bits per heavy atom. The van der Waals surface area contributed by atoms with Gasteiger partial charge in [-0.15, -0.1) is 0 Å². The lowest BCUT2D eigenvalue weighted by Crippen LogP contribution is -2.53. The monoisotopic (exact) mass is 457 g/mol. The molecule has 1 fully saturated rings. The van der Waals surface area contributed by atoms with Crippen LogP contribution in [-0.4, -0.2) is 88.5 Å². The second-order valence-electron chi connectivity index (χ2n) is 7.35. The molecule has 0 aromatic rings. The van der Waals surface area contributed by atoms with Crippen molar-refractivity contribution in [2.75, 3.05) is 19.6 Å². The van der Waals surface area contributed by atoms with E-state index >= 15 is 0 Å². The number of nitrogens with zero attached hydrogens (tertiary/aromatic N) is 2. The Balaban J connectivity index is 2.54. The van der Waals surface area contributed by atoms with Gasteiger partial charge in [0, 0.05) is 19.5 Å². The molecule has 0 aromatic carbocycles. The molecule has 0 aromatic heterocycles. The van der Waals surface area contributed by atoms with Crippen molar-refractivity contribution in [3.05, 3.63) is 0 Å². The number of carboxylic acids is 2. The Morgan fingerprint density at radius 2 is 1.81 bits per heavy atom. The maximum absolute atomic E-state index is 12.6. The summed E-state index contributed by atoms with van der Waals surface area (Å²) in [6, 6.07) is -3.01. The third-order valence-electron chi connectivity index (χ3n) is 4.83. The molecule has 0 bridgehead atoms. The van der Waals surface area contributed by atoms with Crippen molar-refractivity contribution in [1.29, 1.82) is 0 Å². The Morgan fingerprint density at radius 1 is 1.12 bits per heavy atom. The van der Waals surface area contributed by atoms with Crippen LogP contribution in [0.15, 0.2) is 4.99 Å². The molecule has 1 saturated heterocycles. The zero-order valence-electron chi connectivity index (χ0n) is 17.7. The third kappa shape index (κ3) is 9.16. The van der Waals surface area contributed by atoms with Crippen molar-refractivity contribution in [2.24, 2.45) is 22.2 Å². The van der Waals surface area contributed by atoms with E-state index in [0.717, 1.165) is 0 Å². The second-order valence-corrected chi connectivity index (χ2v) is 7.35. The molecule has 1 aliphatic rings. The Kier molecular flexibility index (Phi) is 10.9. The van der Waals surface area contributed by atoms with Crippen LogP contribution >= 0.6 is 0 Å². The first-order chi connectivity index (χ1) is 15.0. The molecule has 180 valence electrons. The quantitative estimate of drug-likeness (QED) is 0.0834. The van der Waals surface area contributed by atoms with Crippen molar-refractivity contribution in [3.8, 4) is 0 Å². The minimum absolute atomic E-state index is 0.0539. The van der Waals surface area contributed by atoms with Crippen LogP contribution in [0.25, 0.3) is 0 Å². The summed E-state index contributed by atoms with van der Waals surface area (Å²) < 4.78 is 0. The van der Waals surface area contributed by atoms with Crippen LogP contribution in [0.4, 0.5) is 0 Å². The number of aliphatic imine (C=N–C) groups is 1. The van der Waals surface area contributed by atoms with Gasteiger partial charge in [-0.05, 0) is 32.1 Å². The number of aliphatic carboxylic acids is 2. The number of likely N-dealkylation sites (tertiary alicyclic amines) is 1. The highest BCUT2D eigenvalue weighted by Crippen LogP contribution is 2.19. The Bertz CT molecular complexity index is 739. The minimum Gasteiger partial charge on any atom is -0.481 e. The van der Waals surface area contributed by atoms with Crippen molar-refractivity contribution < 1.29 is 34.2 Å². The largest absolute Gasteiger partial charge is 0.481 e. The molecule has 0 spiro atoms. The van der Waals surface area contributed by atoms with Gasteiger partial charge in [-0.2, -0.15) is 0 Å². The summed E-state index contributed by atoms with van der Waals surface area (Å²) in [7, 11) is 0. The van der Waals surface area contributed by atoms with Gasteiger partial charge in [0.25, 0.3) is 0 Å². The number of carboxylic acid groups (broad SMARTS) is 2. The fraction of sp³-hybridized carbons (Fsp3) is 0.667. The lowest BCUT2D eigenvalue weighted by Gasteiger charge is -2.26. The molecule has 0 radical (unpaired) electrons. The Hall–Kier alpha value is -3.42. The topological polar surface area (TPSA) is 244 Å². The first-order valence-corrected chi connectivity index (χ1v) is 10.2. The van der Waals surface area contributed by atoms with Crippen LogP contribution in [0.1, 0.15) is 38.5 Å². The summed E-state index contributed by atoms with van der Waals surface area (Å²) in [5, 5.41) is 22.3. The number of nitrogens with one attached hydrogen (secondary N) is 2.